The first kappa shape index (κ1) is 7.80. The Bertz CT molecular complexity index is 129. The second-order valence-electron chi connectivity index (χ2n) is 3.20. The van der Waals surface area contributed by atoms with Crippen LogP contribution in [-0.4, -0.2) is 13.2 Å². The van der Waals surface area contributed by atoms with E-state index in [4.69, 9.17) is 4.74 Å². The lowest BCUT2D eigenvalue weighted by Crippen LogP contribution is -2.26. The number of methoxy groups -OCH3 is 1. The first-order valence-corrected chi connectivity index (χ1v) is 3.95. The maximum absolute atomic E-state index is 5.29. The minimum absolute atomic E-state index is 0.351. The van der Waals surface area contributed by atoms with Crippen molar-refractivity contribution < 1.29 is 4.74 Å². The molecule has 0 amide bonds. The average molecular weight is 140 g/mol. The van der Waals surface area contributed by atoms with Gasteiger partial charge in [0, 0.05) is 7.11 Å². The van der Waals surface area contributed by atoms with E-state index in [2.05, 4.69) is 26.0 Å². The van der Waals surface area contributed by atoms with E-state index >= 15 is 0 Å². The van der Waals surface area contributed by atoms with Crippen LogP contribution in [0.4, 0.5) is 0 Å². The fourth-order valence-electron chi connectivity index (χ4n) is 1.43. The highest BCUT2D eigenvalue weighted by Gasteiger charge is 2.22. The van der Waals surface area contributed by atoms with Gasteiger partial charge in [0.1, 0.15) is 0 Å². The molecule has 1 heteroatoms. The first-order chi connectivity index (χ1) is 4.75. The van der Waals surface area contributed by atoms with Gasteiger partial charge in [0.25, 0.3) is 0 Å². The summed E-state index contributed by atoms with van der Waals surface area (Å²) in [6.45, 7) is 4.53. The minimum atomic E-state index is 0.351. The van der Waals surface area contributed by atoms with Crippen molar-refractivity contribution in [2.75, 3.05) is 7.11 Å². The van der Waals surface area contributed by atoms with E-state index < -0.39 is 0 Å². The molecule has 0 heterocycles. The summed E-state index contributed by atoms with van der Waals surface area (Å²) in [6.07, 6.45) is 5.95. The zero-order chi connectivity index (χ0) is 7.56. The monoisotopic (exact) mass is 140 g/mol. The third kappa shape index (κ3) is 1.40. The summed E-state index contributed by atoms with van der Waals surface area (Å²) in [5, 5.41) is 0. The van der Waals surface area contributed by atoms with Crippen molar-refractivity contribution in [3.8, 4) is 0 Å². The van der Waals surface area contributed by atoms with Crippen LogP contribution in [0.2, 0.25) is 0 Å². The average Bonchev–Trinajstić information content (AvgIpc) is 1.95. The van der Waals surface area contributed by atoms with Crippen LogP contribution >= 0.6 is 0 Å². The Morgan fingerprint density at radius 2 is 2.10 bits per heavy atom. The largest absolute Gasteiger partial charge is 0.377 e. The van der Waals surface area contributed by atoms with Crippen LogP contribution < -0.4 is 0 Å². The Morgan fingerprint density at radius 1 is 1.40 bits per heavy atom. The second kappa shape index (κ2) is 3.20. The van der Waals surface area contributed by atoms with Gasteiger partial charge < -0.3 is 4.74 Å². The van der Waals surface area contributed by atoms with Crippen molar-refractivity contribution >= 4 is 0 Å². The van der Waals surface area contributed by atoms with Crippen molar-refractivity contribution in [2.45, 2.75) is 26.4 Å². The summed E-state index contributed by atoms with van der Waals surface area (Å²) in [5.41, 5.74) is 0. The molecule has 10 heavy (non-hydrogen) atoms. The summed E-state index contributed by atoms with van der Waals surface area (Å²) < 4.78 is 5.29. The summed E-state index contributed by atoms with van der Waals surface area (Å²) in [4.78, 5) is 0. The fourth-order valence-corrected chi connectivity index (χ4v) is 1.43. The molecular weight excluding hydrogens is 124 g/mol. The molecule has 0 spiro atoms. The molecule has 3 atom stereocenters. The molecule has 0 aliphatic heterocycles. The molecular formula is C9H16O. The van der Waals surface area contributed by atoms with E-state index in [1.807, 2.05) is 0 Å². The van der Waals surface area contributed by atoms with Gasteiger partial charge in [-0.1, -0.05) is 26.0 Å². The maximum Gasteiger partial charge on any atom is 0.0780 e. The standard InChI is InChI=1S/C9H16O/c1-7-5-4-6-9(10-3)8(7)2/h4,6-9H,5H2,1-3H3. The molecule has 1 aliphatic rings. The van der Waals surface area contributed by atoms with E-state index in [-0.39, 0.29) is 0 Å². The number of allylic oxidation sites excluding steroid dienone is 1. The lowest BCUT2D eigenvalue weighted by atomic mass is 9.84. The Kier molecular flexibility index (Phi) is 2.50. The van der Waals surface area contributed by atoms with Crippen molar-refractivity contribution in [3.63, 3.8) is 0 Å². The molecule has 1 aliphatic carbocycles. The molecule has 0 radical (unpaired) electrons. The topological polar surface area (TPSA) is 9.23 Å². The van der Waals surface area contributed by atoms with Crippen LogP contribution in [0.1, 0.15) is 20.3 Å². The molecule has 0 N–H and O–H groups in total. The molecule has 0 bridgehead atoms. The molecule has 0 fully saturated rings. The van der Waals surface area contributed by atoms with Gasteiger partial charge in [-0.25, -0.2) is 0 Å². The summed E-state index contributed by atoms with van der Waals surface area (Å²) in [7, 11) is 1.78. The van der Waals surface area contributed by atoms with Gasteiger partial charge in [-0.05, 0) is 18.3 Å². The van der Waals surface area contributed by atoms with Gasteiger partial charge in [0.15, 0.2) is 0 Å². The van der Waals surface area contributed by atoms with Crippen LogP contribution in [0.15, 0.2) is 12.2 Å². The third-order valence-electron chi connectivity index (χ3n) is 2.52. The van der Waals surface area contributed by atoms with E-state index in [0.29, 0.717) is 12.0 Å². The van der Waals surface area contributed by atoms with Gasteiger partial charge in [-0.15, -0.1) is 0 Å². The van der Waals surface area contributed by atoms with Gasteiger partial charge in [0.05, 0.1) is 6.10 Å². The minimum Gasteiger partial charge on any atom is -0.377 e. The van der Waals surface area contributed by atoms with Gasteiger partial charge >= 0.3 is 0 Å². The van der Waals surface area contributed by atoms with E-state index in [0.717, 1.165) is 5.92 Å². The Labute approximate surface area is 63.1 Å². The number of hydrogen-bond acceptors (Lipinski definition) is 1. The van der Waals surface area contributed by atoms with Crippen molar-refractivity contribution in [1.82, 2.24) is 0 Å². The van der Waals surface area contributed by atoms with E-state index in [1.165, 1.54) is 6.42 Å². The lowest BCUT2D eigenvalue weighted by molar-refractivity contribution is 0.0678. The predicted octanol–water partition coefficient (Wildman–Crippen LogP) is 2.23. The van der Waals surface area contributed by atoms with Crippen molar-refractivity contribution in [1.29, 1.82) is 0 Å². The summed E-state index contributed by atoms with van der Waals surface area (Å²) in [5.74, 6) is 1.45. The van der Waals surface area contributed by atoms with Crippen LogP contribution in [0.5, 0.6) is 0 Å². The second-order valence-corrected chi connectivity index (χ2v) is 3.20. The van der Waals surface area contributed by atoms with E-state index in [1.54, 1.807) is 7.11 Å². The SMILES string of the molecule is COC1C=CCC(C)C1C. The predicted molar refractivity (Wildman–Crippen MR) is 42.9 cm³/mol. The van der Waals surface area contributed by atoms with Crippen molar-refractivity contribution in [3.05, 3.63) is 12.2 Å². The fraction of sp³-hybridized carbons (Fsp3) is 0.778. The Morgan fingerprint density at radius 3 is 2.60 bits per heavy atom. The first-order valence-electron chi connectivity index (χ1n) is 3.95. The highest BCUT2D eigenvalue weighted by molar-refractivity contribution is 4.99. The van der Waals surface area contributed by atoms with Crippen LogP contribution in [0.3, 0.4) is 0 Å². The van der Waals surface area contributed by atoms with Gasteiger partial charge in [-0.2, -0.15) is 0 Å². The number of hydrogen-bond donors (Lipinski definition) is 0. The smallest absolute Gasteiger partial charge is 0.0780 e. The summed E-state index contributed by atoms with van der Waals surface area (Å²) >= 11 is 0. The van der Waals surface area contributed by atoms with Crippen LogP contribution in [0, 0.1) is 11.8 Å². The van der Waals surface area contributed by atoms with E-state index in [9.17, 15) is 0 Å². The number of ether oxygens (including phenoxy) is 1. The molecule has 0 aromatic heterocycles. The molecule has 0 saturated heterocycles. The Hall–Kier alpha value is -0.300. The normalized spacial score (nSPS) is 40.1. The highest BCUT2D eigenvalue weighted by atomic mass is 16.5. The number of rotatable bonds is 1. The quantitative estimate of drug-likeness (QED) is 0.507. The van der Waals surface area contributed by atoms with Crippen LogP contribution in [-0.2, 0) is 4.74 Å². The Balaban J connectivity index is 2.57. The lowest BCUT2D eigenvalue weighted by Gasteiger charge is -2.28. The molecule has 3 unspecified atom stereocenters. The maximum atomic E-state index is 5.29. The molecule has 1 rings (SSSR count). The molecule has 0 saturated carbocycles. The highest BCUT2D eigenvalue weighted by Crippen LogP contribution is 2.25. The van der Waals surface area contributed by atoms with Crippen molar-refractivity contribution in [2.24, 2.45) is 11.8 Å². The van der Waals surface area contributed by atoms with Gasteiger partial charge in [0.2, 0.25) is 0 Å². The zero-order valence-corrected chi connectivity index (χ0v) is 7.00. The van der Waals surface area contributed by atoms with Crippen LogP contribution in [0.25, 0.3) is 0 Å². The molecule has 1 nitrogen and oxygen atoms in total. The molecule has 0 aromatic carbocycles. The third-order valence-corrected chi connectivity index (χ3v) is 2.52. The summed E-state index contributed by atoms with van der Waals surface area (Å²) in [6, 6.07) is 0. The van der Waals surface area contributed by atoms with Gasteiger partial charge in [-0.3, -0.25) is 0 Å². The molecule has 0 aromatic rings. The zero-order valence-electron chi connectivity index (χ0n) is 7.00. The molecule has 58 valence electrons.